The summed E-state index contributed by atoms with van der Waals surface area (Å²) in [6.07, 6.45) is 0.489. The molecule has 1 aliphatic heterocycles. The van der Waals surface area contributed by atoms with Crippen molar-refractivity contribution in [2.45, 2.75) is 6.42 Å². The molecule has 0 spiro atoms. The summed E-state index contributed by atoms with van der Waals surface area (Å²) >= 11 is 0. The standard InChI is InChI=1S/C16H14N2O2/c19-14-9-10-17-15-12(14)7-4-8-13(15)18-16(20)11-5-2-1-3-6-11/h1-8,17H,9-10H2,(H,18,20). The maximum atomic E-state index is 12.2. The number of carbonyl (C=O) groups excluding carboxylic acids is 2. The number of nitrogens with one attached hydrogen (secondary N) is 2. The van der Waals surface area contributed by atoms with Crippen molar-refractivity contribution in [2.75, 3.05) is 17.2 Å². The second kappa shape index (κ2) is 5.17. The smallest absolute Gasteiger partial charge is 0.255 e. The van der Waals surface area contributed by atoms with Gasteiger partial charge in [-0.25, -0.2) is 0 Å². The SMILES string of the molecule is O=C(Nc1cccc2c1NCCC2=O)c1ccccc1. The number of anilines is 2. The van der Waals surface area contributed by atoms with Crippen LogP contribution in [0.4, 0.5) is 11.4 Å². The molecule has 1 amide bonds. The van der Waals surface area contributed by atoms with Crippen LogP contribution in [-0.4, -0.2) is 18.2 Å². The Labute approximate surface area is 116 Å². The van der Waals surface area contributed by atoms with Crippen LogP contribution in [0.1, 0.15) is 27.1 Å². The van der Waals surface area contributed by atoms with Gasteiger partial charge in [0.25, 0.3) is 5.91 Å². The molecule has 2 aromatic carbocycles. The van der Waals surface area contributed by atoms with Crippen LogP contribution in [0.2, 0.25) is 0 Å². The number of Topliss-reactive ketones (excluding diaryl/α,β-unsaturated/α-hetero) is 1. The van der Waals surface area contributed by atoms with Crippen molar-refractivity contribution in [3.8, 4) is 0 Å². The van der Waals surface area contributed by atoms with Crippen molar-refractivity contribution in [3.63, 3.8) is 0 Å². The first kappa shape index (κ1) is 12.4. The second-order valence-electron chi connectivity index (χ2n) is 4.65. The summed E-state index contributed by atoms with van der Waals surface area (Å²) in [6, 6.07) is 14.4. The molecule has 0 fully saturated rings. The lowest BCUT2D eigenvalue weighted by atomic mass is 10.0. The lowest BCUT2D eigenvalue weighted by Gasteiger charge is -2.20. The molecule has 4 heteroatoms. The molecular weight excluding hydrogens is 252 g/mol. The van der Waals surface area contributed by atoms with Crippen LogP contribution in [-0.2, 0) is 0 Å². The van der Waals surface area contributed by atoms with Crippen molar-refractivity contribution >= 4 is 23.1 Å². The van der Waals surface area contributed by atoms with E-state index < -0.39 is 0 Å². The Morgan fingerprint density at radius 1 is 1.05 bits per heavy atom. The van der Waals surface area contributed by atoms with Gasteiger partial charge in [-0.1, -0.05) is 24.3 Å². The molecule has 2 N–H and O–H groups in total. The molecule has 1 aliphatic rings. The molecule has 0 saturated carbocycles. The number of hydrogen-bond acceptors (Lipinski definition) is 3. The largest absolute Gasteiger partial charge is 0.382 e. The number of amides is 1. The van der Waals surface area contributed by atoms with E-state index in [1.807, 2.05) is 18.2 Å². The highest BCUT2D eigenvalue weighted by Crippen LogP contribution is 2.30. The molecule has 0 aromatic heterocycles. The number of rotatable bonds is 2. The number of para-hydroxylation sites is 1. The first-order valence-electron chi connectivity index (χ1n) is 6.52. The minimum absolute atomic E-state index is 0.106. The molecule has 0 aliphatic carbocycles. The summed E-state index contributed by atoms with van der Waals surface area (Å²) in [6.45, 7) is 0.601. The lowest BCUT2D eigenvalue weighted by molar-refractivity contribution is 0.0981. The maximum Gasteiger partial charge on any atom is 0.255 e. The summed E-state index contributed by atoms with van der Waals surface area (Å²) in [4.78, 5) is 24.0. The predicted molar refractivity (Wildman–Crippen MR) is 78.3 cm³/mol. The Bertz CT molecular complexity index is 665. The van der Waals surface area contributed by atoms with E-state index in [1.54, 1.807) is 30.3 Å². The summed E-state index contributed by atoms with van der Waals surface area (Å²) in [5.74, 6) is -0.0756. The van der Waals surface area contributed by atoms with Gasteiger partial charge in [0.1, 0.15) is 0 Å². The first-order chi connectivity index (χ1) is 9.75. The topological polar surface area (TPSA) is 58.2 Å². The Balaban J connectivity index is 1.90. The van der Waals surface area contributed by atoms with E-state index in [9.17, 15) is 9.59 Å². The summed E-state index contributed by atoms with van der Waals surface area (Å²) in [7, 11) is 0. The predicted octanol–water partition coefficient (Wildman–Crippen LogP) is 2.94. The molecule has 3 rings (SSSR count). The third kappa shape index (κ3) is 2.28. The second-order valence-corrected chi connectivity index (χ2v) is 4.65. The van der Waals surface area contributed by atoms with Gasteiger partial charge in [0.2, 0.25) is 0 Å². The third-order valence-electron chi connectivity index (χ3n) is 3.30. The monoisotopic (exact) mass is 266 g/mol. The molecule has 1 heterocycles. The number of hydrogen-bond donors (Lipinski definition) is 2. The van der Waals surface area contributed by atoms with Gasteiger partial charge in [-0.05, 0) is 24.3 Å². The van der Waals surface area contributed by atoms with Crippen LogP contribution in [0.15, 0.2) is 48.5 Å². The molecule has 100 valence electrons. The number of fused-ring (bicyclic) bond motifs is 1. The van der Waals surface area contributed by atoms with Crippen molar-refractivity contribution < 1.29 is 9.59 Å². The first-order valence-corrected chi connectivity index (χ1v) is 6.52. The highest BCUT2D eigenvalue weighted by Gasteiger charge is 2.20. The molecule has 0 bridgehead atoms. The number of benzene rings is 2. The zero-order valence-electron chi connectivity index (χ0n) is 10.8. The van der Waals surface area contributed by atoms with Crippen LogP contribution in [0, 0.1) is 0 Å². The van der Waals surface area contributed by atoms with Crippen LogP contribution in [0.3, 0.4) is 0 Å². The minimum Gasteiger partial charge on any atom is -0.382 e. The molecule has 20 heavy (non-hydrogen) atoms. The van der Waals surface area contributed by atoms with Crippen molar-refractivity contribution in [1.29, 1.82) is 0 Å². The minimum atomic E-state index is -0.182. The van der Waals surface area contributed by atoms with Crippen molar-refractivity contribution in [2.24, 2.45) is 0 Å². The Morgan fingerprint density at radius 3 is 2.65 bits per heavy atom. The molecule has 4 nitrogen and oxygen atoms in total. The number of ketones is 1. The van der Waals surface area contributed by atoms with Gasteiger partial charge in [-0.15, -0.1) is 0 Å². The normalized spacial score (nSPS) is 13.3. The fraction of sp³-hybridized carbons (Fsp3) is 0.125. The summed E-state index contributed by atoms with van der Waals surface area (Å²) in [5.41, 5.74) is 2.59. The van der Waals surface area contributed by atoms with Gasteiger partial charge in [0.15, 0.2) is 5.78 Å². The van der Waals surface area contributed by atoms with E-state index in [0.717, 1.165) is 0 Å². The van der Waals surface area contributed by atoms with E-state index in [4.69, 9.17) is 0 Å². The zero-order chi connectivity index (χ0) is 13.9. The lowest BCUT2D eigenvalue weighted by Crippen LogP contribution is -2.21. The summed E-state index contributed by atoms with van der Waals surface area (Å²) in [5, 5.41) is 6.04. The maximum absolute atomic E-state index is 12.2. The van der Waals surface area contributed by atoms with E-state index in [0.29, 0.717) is 35.5 Å². The molecule has 0 unspecified atom stereocenters. The van der Waals surface area contributed by atoms with E-state index >= 15 is 0 Å². The van der Waals surface area contributed by atoms with E-state index in [-0.39, 0.29) is 11.7 Å². The van der Waals surface area contributed by atoms with Crippen LogP contribution in [0.5, 0.6) is 0 Å². The highest BCUT2D eigenvalue weighted by molar-refractivity contribution is 6.10. The quantitative estimate of drug-likeness (QED) is 0.878. The zero-order valence-corrected chi connectivity index (χ0v) is 10.8. The summed E-state index contributed by atoms with van der Waals surface area (Å²) < 4.78 is 0. The Morgan fingerprint density at radius 2 is 1.85 bits per heavy atom. The van der Waals surface area contributed by atoms with Gasteiger partial charge < -0.3 is 10.6 Å². The fourth-order valence-electron chi connectivity index (χ4n) is 2.30. The van der Waals surface area contributed by atoms with Gasteiger partial charge in [0, 0.05) is 24.1 Å². The van der Waals surface area contributed by atoms with Gasteiger partial charge in [-0.3, -0.25) is 9.59 Å². The van der Waals surface area contributed by atoms with E-state index in [1.165, 1.54) is 0 Å². The van der Waals surface area contributed by atoms with Gasteiger partial charge in [-0.2, -0.15) is 0 Å². The van der Waals surface area contributed by atoms with Crippen molar-refractivity contribution in [3.05, 3.63) is 59.7 Å². The Hall–Kier alpha value is -2.62. The molecular formula is C16H14N2O2. The average Bonchev–Trinajstić information content (AvgIpc) is 2.49. The molecule has 0 radical (unpaired) electrons. The van der Waals surface area contributed by atoms with Gasteiger partial charge in [0.05, 0.1) is 11.4 Å². The number of carbonyl (C=O) groups is 2. The molecule has 0 saturated heterocycles. The average molecular weight is 266 g/mol. The van der Waals surface area contributed by atoms with Gasteiger partial charge >= 0.3 is 0 Å². The van der Waals surface area contributed by atoms with Crippen LogP contribution < -0.4 is 10.6 Å². The van der Waals surface area contributed by atoms with Crippen LogP contribution >= 0.6 is 0 Å². The van der Waals surface area contributed by atoms with Crippen LogP contribution in [0.25, 0.3) is 0 Å². The third-order valence-corrected chi connectivity index (χ3v) is 3.30. The highest BCUT2D eigenvalue weighted by atomic mass is 16.1. The van der Waals surface area contributed by atoms with E-state index in [2.05, 4.69) is 10.6 Å². The molecule has 2 aromatic rings. The molecule has 0 atom stereocenters. The fourth-order valence-corrected chi connectivity index (χ4v) is 2.30. The van der Waals surface area contributed by atoms with Crippen molar-refractivity contribution in [1.82, 2.24) is 0 Å². The Kier molecular flexibility index (Phi) is 3.21.